The first-order valence-corrected chi connectivity index (χ1v) is 7.38. The van der Waals surface area contributed by atoms with E-state index in [0.29, 0.717) is 16.4 Å². The van der Waals surface area contributed by atoms with Gasteiger partial charge in [0.05, 0.1) is 5.69 Å². The summed E-state index contributed by atoms with van der Waals surface area (Å²) in [7, 11) is 1.48. The number of anilines is 1. The molecule has 1 aromatic carbocycles. The zero-order valence-electron chi connectivity index (χ0n) is 12.2. The standard InChI is InChI=1S/C14H17FN4O2S/c1-14(16,21-2)11-8-22-13(18-11)19-12(20)17-7-9-4-3-5-10(15)6-9/h3-6,8H,7,16H2,1-2H3,(H2,17,18,19,20). The second-order valence-corrected chi connectivity index (χ2v) is 5.64. The Labute approximate surface area is 131 Å². The summed E-state index contributed by atoms with van der Waals surface area (Å²) >= 11 is 1.24. The van der Waals surface area contributed by atoms with Gasteiger partial charge >= 0.3 is 6.03 Å². The first-order chi connectivity index (χ1) is 10.4. The number of nitrogens with zero attached hydrogens (tertiary/aromatic N) is 1. The van der Waals surface area contributed by atoms with Crippen molar-refractivity contribution in [3.63, 3.8) is 0 Å². The lowest BCUT2D eigenvalue weighted by atomic mass is 10.2. The summed E-state index contributed by atoms with van der Waals surface area (Å²) in [5, 5.41) is 7.34. The molecule has 22 heavy (non-hydrogen) atoms. The third-order valence-corrected chi connectivity index (χ3v) is 3.76. The molecule has 0 aliphatic carbocycles. The van der Waals surface area contributed by atoms with Crippen LogP contribution in [0.25, 0.3) is 0 Å². The Balaban J connectivity index is 1.90. The number of hydrogen-bond acceptors (Lipinski definition) is 5. The fourth-order valence-electron chi connectivity index (χ4n) is 1.63. The molecule has 0 bridgehead atoms. The van der Waals surface area contributed by atoms with E-state index in [1.807, 2.05) is 0 Å². The van der Waals surface area contributed by atoms with Gasteiger partial charge in [-0.15, -0.1) is 11.3 Å². The van der Waals surface area contributed by atoms with E-state index in [2.05, 4.69) is 15.6 Å². The van der Waals surface area contributed by atoms with Crippen LogP contribution in [-0.2, 0) is 17.0 Å². The number of aromatic nitrogens is 1. The quantitative estimate of drug-likeness (QED) is 0.737. The molecule has 1 unspecified atom stereocenters. The maximum atomic E-state index is 13.0. The number of rotatable bonds is 5. The Hall–Kier alpha value is -2.03. The number of hydrogen-bond donors (Lipinski definition) is 3. The van der Waals surface area contributed by atoms with Crippen LogP contribution >= 0.6 is 11.3 Å². The number of urea groups is 1. The van der Waals surface area contributed by atoms with Gasteiger partial charge in [-0.3, -0.25) is 11.1 Å². The molecule has 2 rings (SSSR count). The number of nitrogens with one attached hydrogen (secondary N) is 2. The molecule has 6 nitrogen and oxygen atoms in total. The fourth-order valence-corrected chi connectivity index (χ4v) is 2.45. The second kappa shape index (κ2) is 6.82. The third-order valence-electron chi connectivity index (χ3n) is 3.00. The van der Waals surface area contributed by atoms with E-state index in [0.717, 1.165) is 0 Å². The number of thiazole rings is 1. The predicted octanol–water partition coefficient (Wildman–Crippen LogP) is 2.38. The lowest BCUT2D eigenvalue weighted by Crippen LogP contribution is -2.35. The molecule has 2 aromatic rings. The molecular formula is C14H17FN4O2S. The molecule has 1 heterocycles. The van der Waals surface area contributed by atoms with Crippen molar-refractivity contribution in [1.29, 1.82) is 0 Å². The molecule has 0 spiro atoms. The first-order valence-electron chi connectivity index (χ1n) is 6.50. The van der Waals surface area contributed by atoms with Crippen LogP contribution in [-0.4, -0.2) is 18.1 Å². The molecule has 0 saturated heterocycles. The summed E-state index contributed by atoms with van der Waals surface area (Å²) in [6.07, 6.45) is 0. The highest BCUT2D eigenvalue weighted by atomic mass is 32.1. The molecule has 1 atom stereocenters. The molecule has 0 fully saturated rings. The van der Waals surface area contributed by atoms with Gasteiger partial charge in [0.15, 0.2) is 10.9 Å². The number of ether oxygens (including phenoxy) is 1. The molecular weight excluding hydrogens is 307 g/mol. The smallest absolute Gasteiger partial charge is 0.321 e. The van der Waals surface area contributed by atoms with E-state index >= 15 is 0 Å². The molecule has 2 amide bonds. The van der Waals surface area contributed by atoms with Gasteiger partial charge in [-0.25, -0.2) is 14.2 Å². The van der Waals surface area contributed by atoms with Crippen molar-refractivity contribution in [2.24, 2.45) is 5.73 Å². The van der Waals surface area contributed by atoms with Crippen molar-refractivity contribution in [3.05, 3.63) is 46.7 Å². The van der Waals surface area contributed by atoms with E-state index in [9.17, 15) is 9.18 Å². The van der Waals surface area contributed by atoms with Gasteiger partial charge in [0.1, 0.15) is 5.82 Å². The number of methoxy groups -OCH3 is 1. The van der Waals surface area contributed by atoms with E-state index in [1.165, 1.54) is 30.6 Å². The number of halogens is 1. The number of nitrogens with two attached hydrogens (primary N) is 1. The Kier molecular flexibility index (Phi) is 5.07. The summed E-state index contributed by atoms with van der Waals surface area (Å²) in [5.41, 5.74) is 6.08. The van der Waals surface area contributed by atoms with Crippen LogP contribution in [0.1, 0.15) is 18.2 Å². The van der Waals surface area contributed by atoms with Crippen molar-refractivity contribution >= 4 is 22.5 Å². The largest absolute Gasteiger partial charge is 0.358 e. The van der Waals surface area contributed by atoms with Crippen molar-refractivity contribution in [1.82, 2.24) is 10.3 Å². The second-order valence-electron chi connectivity index (χ2n) is 4.79. The van der Waals surface area contributed by atoms with Gasteiger partial charge in [0, 0.05) is 19.0 Å². The SMILES string of the molecule is COC(C)(N)c1csc(NC(=O)NCc2cccc(F)c2)n1. The summed E-state index contributed by atoms with van der Waals surface area (Å²) in [6, 6.07) is 5.59. The monoisotopic (exact) mass is 324 g/mol. The summed E-state index contributed by atoms with van der Waals surface area (Å²) < 4.78 is 18.1. The van der Waals surface area contributed by atoms with Crippen molar-refractivity contribution in [3.8, 4) is 0 Å². The van der Waals surface area contributed by atoms with Crippen molar-refractivity contribution in [2.45, 2.75) is 19.2 Å². The van der Waals surface area contributed by atoms with E-state index in [1.54, 1.807) is 24.4 Å². The van der Waals surface area contributed by atoms with Crippen LogP contribution in [0, 0.1) is 5.82 Å². The van der Waals surface area contributed by atoms with Crippen molar-refractivity contribution in [2.75, 3.05) is 12.4 Å². The van der Waals surface area contributed by atoms with Crippen molar-refractivity contribution < 1.29 is 13.9 Å². The third kappa shape index (κ3) is 4.23. The lowest BCUT2D eigenvalue weighted by molar-refractivity contribution is 0.00457. The lowest BCUT2D eigenvalue weighted by Gasteiger charge is -2.19. The van der Waals surface area contributed by atoms with Gasteiger partial charge in [-0.05, 0) is 24.6 Å². The van der Waals surface area contributed by atoms with Gasteiger partial charge < -0.3 is 10.1 Å². The normalized spacial score (nSPS) is 13.5. The van der Waals surface area contributed by atoms with Gasteiger partial charge in [-0.1, -0.05) is 12.1 Å². The zero-order valence-corrected chi connectivity index (χ0v) is 13.0. The summed E-state index contributed by atoms with van der Waals surface area (Å²) in [5.74, 6) is -0.342. The van der Waals surface area contributed by atoms with E-state index in [4.69, 9.17) is 10.5 Å². The molecule has 118 valence electrons. The Morgan fingerprint density at radius 1 is 1.55 bits per heavy atom. The van der Waals surface area contributed by atoms with Crippen LogP contribution in [0.4, 0.5) is 14.3 Å². The first kappa shape index (κ1) is 16.3. The van der Waals surface area contributed by atoms with Crippen LogP contribution in [0.2, 0.25) is 0 Å². The van der Waals surface area contributed by atoms with E-state index in [-0.39, 0.29) is 12.4 Å². The molecule has 0 aliphatic heterocycles. The molecule has 4 N–H and O–H groups in total. The highest BCUT2D eigenvalue weighted by Gasteiger charge is 2.23. The fraction of sp³-hybridized carbons (Fsp3) is 0.286. The van der Waals surface area contributed by atoms with Crippen LogP contribution in [0.3, 0.4) is 0 Å². The highest BCUT2D eigenvalue weighted by Crippen LogP contribution is 2.23. The zero-order chi connectivity index (χ0) is 16.2. The van der Waals surface area contributed by atoms with Gasteiger partial charge in [0.2, 0.25) is 0 Å². The number of benzene rings is 1. The molecule has 0 saturated carbocycles. The van der Waals surface area contributed by atoms with Gasteiger partial charge in [-0.2, -0.15) is 0 Å². The minimum atomic E-state index is -1.01. The molecule has 8 heteroatoms. The maximum Gasteiger partial charge on any atom is 0.321 e. The van der Waals surface area contributed by atoms with Crippen LogP contribution in [0.15, 0.2) is 29.6 Å². The topological polar surface area (TPSA) is 89.3 Å². The van der Waals surface area contributed by atoms with Crippen LogP contribution in [0.5, 0.6) is 0 Å². The maximum absolute atomic E-state index is 13.0. The highest BCUT2D eigenvalue weighted by molar-refractivity contribution is 7.13. The summed E-state index contributed by atoms with van der Waals surface area (Å²) in [4.78, 5) is 16.0. The predicted molar refractivity (Wildman–Crippen MR) is 82.9 cm³/mol. The number of carbonyl (C=O) groups is 1. The average Bonchev–Trinajstić information content (AvgIpc) is 2.94. The summed E-state index contributed by atoms with van der Waals surface area (Å²) in [6.45, 7) is 1.89. The Bertz CT molecular complexity index is 660. The number of carbonyl (C=O) groups excluding carboxylic acids is 1. The average molecular weight is 324 g/mol. The molecule has 0 aliphatic rings. The Morgan fingerprint density at radius 2 is 2.32 bits per heavy atom. The van der Waals surface area contributed by atoms with Crippen LogP contribution < -0.4 is 16.4 Å². The minimum Gasteiger partial charge on any atom is -0.358 e. The Morgan fingerprint density at radius 3 is 3.00 bits per heavy atom. The molecule has 1 aromatic heterocycles. The molecule has 0 radical (unpaired) electrons. The number of amides is 2. The van der Waals surface area contributed by atoms with Gasteiger partial charge in [0.25, 0.3) is 0 Å². The minimum absolute atomic E-state index is 0.217. The van der Waals surface area contributed by atoms with E-state index < -0.39 is 11.8 Å².